The quantitative estimate of drug-likeness (QED) is 0.312. The highest BCUT2D eigenvalue weighted by atomic mass is 35.5. The van der Waals surface area contributed by atoms with Crippen molar-refractivity contribution in [1.29, 1.82) is 0 Å². The van der Waals surface area contributed by atoms with E-state index < -0.39 is 18.1 Å². The molecule has 0 aliphatic carbocycles. The zero-order valence-corrected chi connectivity index (χ0v) is 20.5. The number of nitrogens with zero attached hydrogens (tertiary/aromatic N) is 1. The van der Waals surface area contributed by atoms with Crippen molar-refractivity contribution in [1.82, 2.24) is 4.90 Å². The first-order chi connectivity index (χ1) is 17.1. The third-order valence-corrected chi connectivity index (χ3v) is 5.88. The van der Waals surface area contributed by atoms with Gasteiger partial charge in [-0.25, -0.2) is 19.4 Å². The molecule has 0 amide bonds. The van der Waals surface area contributed by atoms with E-state index in [0.717, 1.165) is 34.8 Å². The molecule has 10 heteroatoms. The van der Waals surface area contributed by atoms with Crippen molar-refractivity contribution in [2.45, 2.75) is 32.4 Å². The van der Waals surface area contributed by atoms with Crippen LogP contribution >= 0.6 is 11.6 Å². The topological polar surface area (TPSA) is 65.1 Å². The molecule has 0 aromatic heterocycles. The molecule has 36 heavy (non-hydrogen) atoms. The maximum Gasteiger partial charge on any atom is 0.495 e. The molecular formula is C26H27ClF3NO5. The molecule has 0 N–H and O–H groups in total. The van der Waals surface area contributed by atoms with Crippen molar-refractivity contribution >= 4 is 29.1 Å². The second-order valence-corrected chi connectivity index (χ2v) is 9.06. The summed E-state index contributed by atoms with van der Waals surface area (Å²) in [4.78, 5) is 31.4. The van der Waals surface area contributed by atoms with Gasteiger partial charge >= 0.3 is 18.1 Å². The summed E-state index contributed by atoms with van der Waals surface area (Å²) in [6.45, 7) is 4.24. The van der Waals surface area contributed by atoms with Crippen LogP contribution in [0.3, 0.4) is 0 Å². The van der Waals surface area contributed by atoms with E-state index in [1.54, 1.807) is 0 Å². The molecule has 0 fully saturated rings. The molecule has 0 saturated carbocycles. The highest BCUT2D eigenvalue weighted by Gasteiger charge is 2.43. The van der Waals surface area contributed by atoms with E-state index in [9.17, 15) is 22.8 Å². The van der Waals surface area contributed by atoms with Crippen LogP contribution in [0.1, 0.15) is 30.9 Å². The Balaban J connectivity index is 1.38. The Morgan fingerprint density at radius 3 is 2.36 bits per heavy atom. The van der Waals surface area contributed by atoms with E-state index in [4.69, 9.17) is 16.3 Å². The molecule has 6 nitrogen and oxygen atoms in total. The Kier molecular flexibility index (Phi) is 9.78. The molecule has 3 rings (SSSR count). The molecule has 0 spiro atoms. The Morgan fingerprint density at radius 2 is 1.75 bits per heavy atom. The summed E-state index contributed by atoms with van der Waals surface area (Å²) < 4.78 is 42.1. The Labute approximate surface area is 212 Å². The molecule has 1 aliphatic heterocycles. The van der Waals surface area contributed by atoms with Crippen LogP contribution in [0.4, 0.5) is 13.2 Å². The van der Waals surface area contributed by atoms with Gasteiger partial charge in [-0.05, 0) is 59.7 Å². The zero-order chi connectivity index (χ0) is 26.1. The first kappa shape index (κ1) is 27.5. The van der Waals surface area contributed by atoms with Gasteiger partial charge in [-0.1, -0.05) is 48.9 Å². The van der Waals surface area contributed by atoms with E-state index in [2.05, 4.69) is 16.7 Å². The summed E-state index contributed by atoms with van der Waals surface area (Å²) in [6.07, 6.45) is -1.72. The van der Waals surface area contributed by atoms with Crippen LogP contribution in [0.25, 0.3) is 5.57 Å². The predicted molar refractivity (Wildman–Crippen MR) is 128 cm³/mol. The molecule has 0 bridgehead atoms. The number of carbonyl (C=O) groups is 2. The number of hydrogen-bond acceptors (Lipinski definition) is 6. The minimum absolute atomic E-state index is 0.198. The Hall–Kier alpha value is -3.04. The van der Waals surface area contributed by atoms with Crippen molar-refractivity contribution in [3.63, 3.8) is 0 Å². The van der Waals surface area contributed by atoms with Gasteiger partial charge in [-0.2, -0.15) is 13.2 Å². The number of ether oxygens (including phenoxy) is 1. The van der Waals surface area contributed by atoms with Crippen LogP contribution in [0.2, 0.25) is 5.02 Å². The second kappa shape index (κ2) is 12.8. The monoisotopic (exact) mass is 525 g/mol. The van der Waals surface area contributed by atoms with Crippen LogP contribution in [0, 0.1) is 5.92 Å². The SMILES string of the molecule is C[C@H](COc1ccc(C2=CCN(CCC(=O)OOC(=O)C(F)(F)F)CC2)cc1)Cc1ccc(Cl)cc1. The average molecular weight is 526 g/mol. The van der Waals surface area contributed by atoms with E-state index >= 15 is 0 Å². The lowest BCUT2D eigenvalue weighted by molar-refractivity contribution is -0.285. The van der Waals surface area contributed by atoms with Crippen LogP contribution in [0.5, 0.6) is 5.75 Å². The van der Waals surface area contributed by atoms with E-state index in [1.165, 1.54) is 5.56 Å². The van der Waals surface area contributed by atoms with Gasteiger partial charge in [-0.3, -0.25) is 4.90 Å². The number of carbonyl (C=O) groups excluding carboxylic acids is 2. The summed E-state index contributed by atoms with van der Waals surface area (Å²) >= 11 is 5.93. The van der Waals surface area contributed by atoms with Crippen molar-refractivity contribution in [2.24, 2.45) is 5.92 Å². The fourth-order valence-electron chi connectivity index (χ4n) is 3.68. The second-order valence-electron chi connectivity index (χ2n) is 8.63. The number of benzene rings is 2. The maximum atomic E-state index is 12.0. The fraction of sp³-hybridized carbons (Fsp3) is 0.385. The molecule has 1 atom stereocenters. The largest absolute Gasteiger partial charge is 0.495 e. The number of rotatable bonds is 9. The van der Waals surface area contributed by atoms with Crippen molar-refractivity contribution in [3.05, 3.63) is 70.8 Å². The van der Waals surface area contributed by atoms with Crippen molar-refractivity contribution < 1.29 is 37.3 Å². The lowest BCUT2D eigenvalue weighted by atomic mass is 9.99. The van der Waals surface area contributed by atoms with Crippen LogP contribution in [0.15, 0.2) is 54.6 Å². The lowest BCUT2D eigenvalue weighted by Gasteiger charge is -2.26. The van der Waals surface area contributed by atoms with Crippen LogP contribution < -0.4 is 4.74 Å². The van der Waals surface area contributed by atoms with Gasteiger partial charge in [0.15, 0.2) is 0 Å². The molecule has 2 aromatic rings. The summed E-state index contributed by atoms with van der Waals surface area (Å²) in [5, 5.41) is 0.723. The van der Waals surface area contributed by atoms with Crippen LogP contribution in [-0.4, -0.2) is 49.3 Å². The summed E-state index contributed by atoms with van der Waals surface area (Å²) in [6, 6.07) is 15.7. The number of halogens is 4. The standard InChI is InChI=1S/C26H27ClF3NO5/c1-18(16-19-2-6-22(27)7-3-19)17-34-23-8-4-20(5-9-23)21-10-13-31(14-11-21)15-12-24(32)35-36-25(33)26(28,29)30/h2-10,18H,11-17H2,1H3/t18-/m0/s1. The normalized spacial score (nSPS) is 15.1. The van der Waals surface area contributed by atoms with Gasteiger partial charge in [0.25, 0.3) is 0 Å². The molecule has 2 aromatic carbocycles. The molecule has 194 valence electrons. The fourth-order valence-corrected chi connectivity index (χ4v) is 3.81. The molecule has 0 radical (unpaired) electrons. The highest BCUT2D eigenvalue weighted by molar-refractivity contribution is 6.30. The van der Waals surface area contributed by atoms with Gasteiger partial charge < -0.3 is 4.74 Å². The third kappa shape index (κ3) is 8.87. The Morgan fingerprint density at radius 1 is 1.06 bits per heavy atom. The number of alkyl halides is 3. The smallest absolute Gasteiger partial charge is 0.493 e. The van der Waals surface area contributed by atoms with E-state index in [1.807, 2.05) is 59.5 Å². The summed E-state index contributed by atoms with van der Waals surface area (Å²) in [7, 11) is 0. The van der Waals surface area contributed by atoms with Crippen molar-refractivity contribution in [3.8, 4) is 5.75 Å². The highest BCUT2D eigenvalue weighted by Crippen LogP contribution is 2.25. The lowest BCUT2D eigenvalue weighted by Crippen LogP contribution is -2.31. The minimum Gasteiger partial charge on any atom is -0.493 e. The minimum atomic E-state index is -5.21. The first-order valence-corrected chi connectivity index (χ1v) is 11.9. The number of hydrogen-bond donors (Lipinski definition) is 0. The van der Waals surface area contributed by atoms with E-state index in [0.29, 0.717) is 25.6 Å². The van der Waals surface area contributed by atoms with Gasteiger partial charge in [0.05, 0.1) is 13.0 Å². The van der Waals surface area contributed by atoms with Gasteiger partial charge in [0, 0.05) is 24.7 Å². The van der Waals surface area contributed by atoms with Gasteiger partial charge in [-0.15, -0.1) is 0 Å². The molecule has 0 saturated heterocycles. The maximum absolute atomic E-state index is 12.0. The summed E-state index contributed by atoms with van der Waals surface area (Å²) in [5.74, 6) is -2.47. The first-order valence-electron chi connectivity index (χ1n) is 11.5. The zero-order valence-electron chi connectivity index (χ0n) is 19.7. The Bertz CT molecular complexity index is 1050. The van der Waals surface area contributed by atoms with Crippen LogP contribution in [-0.2, 0) is 25.8 Å². The molecular weight excluding hydrogens is 499 g/mol. The molecule has 1 heterocycles. The predicted octanol–water partition coefficient (Wildman–Crippen LogP) is 5.64. The summed E-state index contributed by atoms with van der Waals surface area (Å²) in [5.41, 5.74) is 3.45. The van der Waals surface area contributed by atoms with Gasteiger partial charge in [0.1, 0.15) is 5.75 Å². The van der Waals surface area contributed by atoms with Gasteiger partial charge in [0.2, 0.25) is 0 Å². The van der Waals surface area contributed by atoms with E-state index in [-0.39, 0.29) is 13.0 Å². The molecule has 1 aliphatic rings. The third-order valence-electron chi connectivity index (χ3n) is 5.62. The van der Waals surface area contributed by atoms with Crippen molar-refractivity contribution in [2.75, 3.05) is 26.2 Å². The average Bonchev–Trinajstić information content (AvgIpc) is 2.86. The molecule has 0 unspecified atom stereocenters.